The molecule has 0 heterocycles. The monoisotopic (exact) mass is 259 g/mol. The van der Waals surface area contributed by atoms with Gasteiger partial charge in [0, 0.05) is 20.5 Å². The summed E-state index contributed by atoms with van der Waals surface area (Å²) in [6.07, 6.45) is 10.3. The van der Waals surface area contributed by atoms with Crippen LogP contribution in [0.25, 0.3) is 0 Å². The van der Waals surface area contributed by atoms with E-state index in [1.54, 1.807) is 11.8 Å². The SMILES string of the molecule is CC(=O)N(C)CC=CCCCCCc1ccccc1. The molecule has 0 spiro atoms. The van der Waals surface area contributed by atoms with Crippen molar-refractivity contribution in [2.24, 2.45) is 0 Å². The second-order valence-corrected chi connectivity index (χ2v) is 4.96. The third-order valence-corrected chi connectivity index (χ3v) is 3.26. The first-order chi connectivity index (χ1) is 9.20. The van der Waals surface area contributed by atoms with Gasteiger partial charge in [-0.05, 0) is 31.2 Å². The molecule has 0 saturated carbocycles. The van der Waals surface area contributed by atoms with E-state index in [1.807, 2.05) is 7.05 Å². The van der Waals surface area contributed by atoms with Crippen molar-refractivity contribution < 1.29 is 4.79 Å². The highest BCUT2D eigenvalue weighted by Crippen LogP contribution is 2.07. The summed E-state index contributed by atoms with van der Waals surface area (Å²) in [5.74, 6) is 0.118. The molecule has 0 radical (unpaired) electrons. The molecule has 0 bridgehead atoms. The zero-order chi connectivity index (χ0) is 13.9. The topological polar surface area (TPSA) is 20.3 Å². The number of carbonyl (C=O) groups excluding carboxylic acids is 1. The van der Waals surface area contributed by atoms with E-state index in [0.717, 1.165) is 13.0 Å². The van der Waals surface area contributed by atoms with Gasteiger partial charge in [-0.1, -0.05) is 48.9 Å². The van der Waals surface area contributed by atoms with Crippen molar-refractivity contribution in [2.45, 2.75) is 39.0 Å². The first kappa shape index (κ1) is 15.5. The van der Waals surface area contributed by atoms with Crippen molar-refractivity contribution in [1.82, 2.24) is 4.90 Å². The number of likely N-dealkylation sites (N-methyl/N-ethyl adjacent to an activating group) is 1. The van der Waals surface area contributed by atoms with E-state index in [1.165, 1.54) is 31.2 Å². The van der Waals surface area contributed by atoms with Gasteiger partial charge in [0.25, 0.3) is 0 Å². The Bertz CT molecular complexity index is 384. The van der Waals surface area contributed by atoms with E-state index in [-0.39, 0.29) is 5.91 Å². The fourth-order valence-corrected chi connectivity index (χ4v) is 1.89. The van der Waals surface area contributed by atoms with Crippen LogP contribution in [0.2, 0.25) is 0 Å². The second-order valence-electron chi connectivity index (χ2n) is 4.96. The third-order valence-electron chi connectivity index (χ3n) is 3.26. The summed E-state index contributed by atoms with van der Waals surface area (Å²) in [6, 6.07) is 10.6. The molecule has 2 nitrogen and oxygen atoms in total. The highest BCUT2D eigenvalue weighted by molar-refractivity contribution is 5.72. The lowest BCUT2D eigenvalue weighted by Gasteiger charge is -2.10. The molecule has 0 aromatic heterocycles. The highest BCUT2D eigenvalue weighted by atomic mass is 16.2. The van der Waals surface area contributed by atoms with Gasteiger partial charge >= 0.3 is 0 Å². The van der Waals surface area contributed by atoms with Crippen LogP contribution in [0, 0.1) is 0 Å². The van der Waals surface area contributed by atoms with Crippen molar-refractivity contribution >= 4 is 5.91 Å². The molecule has 0 saturated heterocycles. The Balaban J connectivity index is 1.99. The lowest BCUT2D eigenvalue weighted by molar-refractivity contribution is -0.127. The molecule has 1 amide bonds. The molecule has 1 aromatic carbocycles. The maximum Gasteiger partial charge on any atom is 0.219 e. The molecule has 0 unspecified atom stereocenters. The number of allylic oxidation sites excluding steroid dienone is 1. The molecule has 0 aliphatic rings. The summed E-state index contributed by atoms with van der Waals surface area (Å²) in [5.41, 5.74) is 1.43. The predicted octanol–water partition coefficient (Wildman–Crippen LogP) is 3.82. The molecule has 0 aliphatic heterocycles. The van der Waals surface area contributed by atoms with Gasteiger partial charge < -0.3 is 4.90 Å². The minimum atomic E-state index is 0.118. The van der Waals surface area contributed by atoms with E-state index in [4.69, 9.17) is 0 Å². The summed E-state index contributed by atoms with van der Waals surface area (Å²) < 4.78 is 0. The van der Waals surface area contributed by atoms with Crippen LogP contribution in [0.15, 0.2) is 42.5 Å². The second kappa shape index (κ2) is 9.37. The Kier molecular flexibility index (Phi) is 7.64. The first-order valence-corrected chi connectivity index (χ1v) is 7.11. The van der Waals surface area contributed by atoms with Gasteiger partial charge in [0.1, 0.15) is 0 Å². The summed E-state index contributed by atoms with van der Waals surface area (Å²) in [5, 5.41) is 0. The molecule has 104 valence electrons. The molecule has 1 aromatic rings. The van der Waals surface area contributed by atoms with Gasteiger partial charge in [0.05, 0.1) is 0 Å². The molecule has 0 N–H and O–H groups in total. The summed E-state index contributed by atoms with van der Waals surface area (Å²) in [4.78, 5) is 12.7. The molecule has 0 fully saturated rings. The maximum absolute atomic E-state index is 11.0. The van der Waals surface area contributed by atoms with Gasteiger partial charge in [-0.3, -0.25) is 4.79 Å². The molecule has 0 aliphatic carbocycles. The van der Waals surface area contributed by atoms with Gasteiger partial charge in [-0.25, -0.2) is 0 Å². The quantitative estimate of drug-likeness (QED) is 0.513. The zero-order valence-corrected chi connectivity index (χ0v) is 12.1. The van der Waals surface area contributed by atoms with Crippen LogP contribution in [0.1, 0.15) is 38.2 Å². The van der Waals surface area contributed by atoms with Gasteiger partial charge in [-0.2, -0.15) is 0 Å². The van der Waals surface area contributed by atoms with Crippen LogP contribution in [-0.2, 0) is 11.2 Å². The largest absolute Gasteiger partial charge is 0.342 e. The van der Waals surface area contributed by atoms with Crippen LogP contribution in [-0.4, -0.2) is 24.4 Å². The third kappa shape index (κ3) is 7.45. The average molecular weight is 259 g/mol. The number of hydrogen-bond acceptors (Lipinski definition) is 1. The average Bonchev–Trinajstić information content (AvgIpc) is 2.42. The minimum absolute atomic E-state index is 0.118. The number of unbranched alkanes of at least 4 members (excludes halogenated alkanes) is 3. The van der Waals surface area contributed by atoms with Crippen molar-refractivity contribution in [3.63, 3.8) is 0 Å². The molecule has 0 atom stereocenters. The van der Waals surface area contributed by atoms with Gasteiger partial charge in [0.15, 0.2) is 0 Å². The normalized spacial score (nSPS) is 10.8. The molecule has 19 heavy (non-hydrogen) atoms. The van der Waals surface area contributed by atoms with E-state index >= 15 is 0 Å². The van der Waals surface area contributed by atoms with Gasteiger partial charge in [-0.15, -0.1) is 0 Å². The maximum atomic E-state index is 11.0. The fourth-order valence-electron chi connectivity index (χ4n) is 1.89. The summed E-state index contributed by atoms with van der Waals surface area (Å²) in [6.45, 7) is 2.32. The van der Waals surface area contributed by atoms with E-state index in [0.29, 0.717) is 0 Å². The van der Waals surface area contributed by atoms with Crippen LogP contribution < -0.4 is 0 Å². The number of hydrogen-bond donors (Lipinski definition) is 0. The van der Waals surface area contributed by atoms with Crippen molar-refractivity contribution in [3.8, 4) is 0 Å². The Morgan fingerprint density at radius 3 is 2.53 bits per heavy atom. The summed E-state index contributed by atoms with van der Waals surface area (Å²) in [7, 11) is 1.83. The lowest BCUT2D eigenvalue weighted by Crippen LogP contribution is -2.23. The van der Waals surface area contributed by atoms with Crippen molar-refractivity contribution in [2.75, 3.05) is 13.6 Å². The standard InChI is InChI=1S/C17H25NO/c1-16(19)18(2)15-11-6-4-3-5-8-12-17-13-9-7-10-14-17/h6-7,9-11,13-14H,3-5,8,12,15H2,1-2H3. The predicted molar refractivity (Wildman–Crippen MR) is 81.1 cm³/mol. The number of aryl methyl sites for hydroxylation is 1. The first-order valence-electron chi connectivity index (χ1n) is 7.11. The van der Waals surface area contributed by atoms with Crippen molar-refractivity contribution in [3.05, 3.63) is 48.0 Å². The number of benzene rings is 1. The van der Waals surface area contributed by atoms with Crippen LogP contribution in [0.4, 0.5) is 0 Å². The Morgan fingerprint density at radius 1 is 1.11 bits per heavy atom. The summed E-state index contributed by atoms with van der Waals surface area (Å²) >= 11 is 0. The number of rotatable bonds is 8. The molecular weight excluding hydrogens is 234 g/mol. The Labute approximate surface area is 117 Å². The lowest BCUT2D eigenvalue weighted by atomic mass is 10.1. The van der Waals surface area contributed by atoms with Crippen LogP contribution in [0.3, 0.4) is 0 Å². The van der Waals surface area contributed by atoms with E-state index < -0.39 is 0 Å². The Hall–Kier alpha value is -1.57. The molecule has 1 rings (SSSR count). The molecular formula is C17H25NO. The number of amides is 1. The van der Waals surface area contributed by atoms with Crippen LogP contribution >= 0.6 is 0 Å². The van der Waals surface area contributed by atoms with E-state index in [9.17, 15) is 4.79 Å². The van der Waals surface area contributed by atoms with E-state index in [2.05, 4.69) is 42.5 Å². The minimum Gasteiger partial charge on any atom is -0.342 e. The number of carbonyl (C=O) groups is 1. The zero-order valence-electron chi connectivity index (χ0n) is 12.1. The van der Waals surface area contributed by atoms with Crippen molar-refractivity contribution in [1.29, 1.82) is 0 Å². The fraction of sp³-hybridized carbons (Fsp3) is 0.471. The number of nitrogens with zero attached hydrogens (tertiary/aromatic N) is 1. The Morgan fingerprint density at radius 2 is 1.84 bits per heavy atom. The smallest absolute Gasteiger partial charge is 0.219 e. The van der Waals surface area contributed by atoms with Crippen LogP contribution in [0.5, 0.6) is 0 Å². The highest BCUT2D eigenvalue weighted by Gasteiger charge is 1.96. The molecule has 2 heteroatoms. The van der Waals surface area contributed by atoms with Gasteiger partial charge in [0.2, 0.25) is 5.91 Å².